The van der Waals surface area contributed by atoms with Crippen LogP contribution in [0.4, 0.5) is 0 Å². The minimum atomic E-state index is -0.768. The molecule has 5 heteroatoms. The molecule has 0 aliphatic carbocycles. The summed E-state index contributed by atoms with van der Waals surface area (Å²) in [6.07, 6.45) is 2.55. The number of fused-ring (bicyclic) bond motifs is 1. The number of methoxy groups -OCH3 is 1. The number of likely N-dealkylation sites (tertiary alicyclic amines) is 1. The van der Waals surface area contributed by atoms with E-state index in [0.29, 0.717) is 24.5 Å². The van der Waals surface area contributed by atoms with Gasteiger partial charge in [-0.15, -0.1) is 0 Å². The lowest BCUT2D eigenvalue weighted by molar-refractivity contribution is -0.145. The van der Waals surface area contributed by atoms with E-state index in [1.165, 1.54) is 0 Å². The minimum Gasteiger partial charge on any atom is -0.493 e. The first-order valence-electron chi connectivity index (χ1n) is 12.5. The average molecular weight is 482 g/mol. The number of hydrogen-bond donors (Lipinski definition) is 1. The molecule has 1 fully saturated rings. The highest BCUT2D eigenvalue weighted by atomic mass is 16.5. The summed E-state index contributed by atoms with van der Waals surface area (Å²) in [4.78, 5) is 14.4. The number of aliphatic carboxylic acids is 1. The third-order valence-electron chi connectivity index (χ3n) is 6.99. The molecule has 184 valence electrons. The Morgan fingerprint density at radius 1 is 0.889 bits per heavy atom. The maximum atomic E-state index is 12.3. The number of hydrogen-bond acceptors (Lipinski definition) is 4. The van der Waals surface area contributed by atoms with Crippen molar-refractivity contribution in [2.45, 2.75) is 38.0 Å². The summed E-state index contributed by atoms with van der Waals surface area (Å²) in [5.74, 6) is 0.532. The van der Waals surface area contributed by atoms with Crippen molar-refractivity contribution in [2.24, 2.45) is 0 Å². The molecule has 4 aromatic rings. The van der Waals surface area contributed by atoms with E-state index in [1.54, 1.807) is 7.11 Å². The first kappa shape index (κ1) is 23.9. The van der Waals surface area contributed by atoms with Gasteiger partial charge in [-0.1, -0.05) is 79.2 Å². The molecule has 2 unspecified atom stereocenters. The summed E-state index contributed by atoms with van der Waals surface area (Å²) < 4.78 is 11.8. The van der Waals surface area contributed by atoms with Crippen LogP contribution >= 0.6 is 0 Å². The fraction of sp³-hybridized carbons (Fsp3) is 0.258. The van der Waals surface area contributed by atoms with Crippen molar-refractivity contribution >= 4 is 16.7 Å². The zero-order chi connectivity index (χ0) is 24.9. The second-order valence-electron chi connectivity index (χ2n) is 9.28. The molecule has 1 aliphatic heterocycles. The second kappa shape index (κ2) is 10.8. The average Bonchev–Trinajstić information content (AvgIpc) is 2.93. The lowest BCUT2D eigenvalue weighted by Crippen LogP contribution is -2.46. The van der Waals surface area contributed by atoms with E-state index < -0.39 is 12.0 Å². The van der Waals surface area contributed by atoms with E-state index in [-0.39, 0.29) is 6.04 Å². The van der Waals surface area contributed by atoms with Gasteiger partial charge in [0.15, 0.2) is 11.5 Å². The molecular formula is C31H31NO4. The molecule has 0 radical (unpaired) electrons. The highest BCUT2D eigenvalue weighted by molar-refractivity contribution is 5.83. The Bertz CT molecular complexity index is 1340. The van der Waals surface area contributed by atoms with Gasteiger partial charge in [0.05, 0.1) is 13.2 Å². The van der Waals surface area contributed by atoms with Gasteiger partial charge in [-0.2, -0.15) is 0 Å². The summed E-state index contributed by atoms with van der Waals surface area (Å²) in [5.41, 5.74) is 3.14. The molecule has 0 saturated carbocycles. The first-order valence-corrected chi connectivity index (χ1v) is 12.5. The minimum absolute atomic E-state index is 0.215. The van der Waals surface area contributed by atoms with Gasteiger partial charge >= 0.3 is 5.97 Å². The van der Waals surface area contributed by atoms with E-state index >= 15 is 0 Å². The van der Waals surface area contributed by atoms with Crippen molar-refractivity contribution < 1.29 is 19.4 Å². The predicted octanol–water partition coefficient (Wildman–Crippen LogP) is 6.46. The maximum Gasteiger partial charge on any atom is 0.320 e. The molecule has 1 heterocycles. The Kier molecular flexibility index (Phi) is 7.19. The molecule has 1 aliphatic rings. The SMILES string of the molecule is COc1cc(C(c2ccc3ccccc3c2)N2CCCCC2C(=O)O)ccc1OCc1ccccc1. The number of rotatable bonds is 8. The van der Waals surface area contributed by atoms with Crippen LogP contribution in [0.1, 0.15) is 42.0 Å². The summed E-state index contributed by atoms with van der Waals surface area (Å²) >= 11 is 0. The Hall–Kier alpha value is -3.83. The Labute approximate surface area is 211 Å². The molecule has 36 heavy (non-hydrogen) atoms. The summed E-state index contributed by atoms with van der Waals surface area (Å²) in [6.45, 7) is 1.17. The molecule has 5 nitrogen and oxygen atoms in total. The number of carboxylic acid groups (broad SMARTS) is 1. The number of carboxylic acids is 1. The Morgan fingerprint density at radius 2 is 1.61 bits per heavy atom. The van der Waals surface area contributed by atoms with Crippen LogP contribution in [0.5, 0.6) is 11.5 Å². The van der Waals surface area contributed by atoms with Gasteiger partial charge in [0, 0.05) is 0 Å². The quantitative estimate of drug-likeness (QED) is 0.313. The molecule has 0 aromatic heterocycles. The number of piperidine rings is 1. The molecule has 1 N–H and O–H groups in total. The van der Waals surface area contributed by atoms with E-state index in [1.807, 2.05) is 60.7 Å². The van der Waals surface area contributed by atoms with Gasteiger partial charge in [-0.3, -0.25) is 9.69 Å². The molecule has 0 bridgehead atoms. The maximum absolute atomic E-state index is 12.3. The normalized spacial score (nSPS) is 17.0. The third-order valence-corrected chi connectivity index (χ3v) is 6.99. The molecule has 0 amide bonds. The van der Waals surface area contributed by atoms with Crippen LogP contribution < -0.4 is 9.47 Å². The van der Waals surface area contributed by atoms with Gasteiger partial charge in [-0.05, 0) is 65.0 Å². The van der Waals surface area contributed by atoms with Crippen molar-refractivity contribution in [1.29, 1.82) is 0 Å². The van der Waals surface area contributed by atoms with Crippen molar-refractivity contribution in [3.05, 3.63) is 108 Å². The van der Waals surface area contributed by atoms with Crippen molar-refractivity contribution in [3.63, 3.8) is 0 Å². The summed E-state index contributed by atoms with van der Waals surface area (Å²) in [7, 11) is 1.64. The van der Waals surface area contributed by atoms with Crippen molar-refractivity contribution in [3.8, 4) is 11.5 Å². The predicted molar refractivity (Wildman–Crippen MR) is 142 cm³/mol. The van der Waals surface area contributed by atoms with Crippen LogP contribution in [0.25, 0.3) is 10.8 Å². The molecule has 4 aromatic carbocycles. The number of nitrogens with zero attached hydrogens (tertiary/aromatic N) is 1. The molecule has 0 spiro atoms. The molecule has 5 rings (SSSR count). The van der Waals surface area contributed by atoms with Gasteiger partial charge in [0.1, 0.15) is 12.6 Å². The lowest BCUT2D eigenvalue weighted by atomic mass is 9.90. The van der Waals surface area contributed by atoms with Crippen LogP contribution in [0, 0.1) is 0 Å². The summed E-state index contributed by atoms with van der Waals surface area (Å²) in [5, 5.41) is 12.4. The van der Waals surface area contributed by atoms with Crippen LogP contribution in [-0.4, -0.2) is 35.7 Å². The monoisotopic (exact) mass is 481 g/mol. The number of benzene rings is 4. The van der Waals surface area contributed by atoms with Gasteiger partial charge in [0.25, 0.3) is 0 Å². The Balaban J connectivity index is 1.54. The van der Waals surface area contributed by atoms with E-state index in [0.717, 1.165) is 46.8 Å². The first-order chi connectivity index (χ1) is 17.6. The molecule has 1 saturated heterocycles. The lowest BCUT2D eigenvalue weighted by Gasteiger charge is -2.40. The fourth-order valence-electron chi connectivity index (χ4n) is 5.19. The Morgan fingerprint density at radius 3 is 2.39 bits per heavy atom. The van der Waals surface area contributed by atoms with Gasteiger partial charge in [0.2, 0.25) is 0 Å². The smallest absolute Gasteiger partial charge is 0.320 e. The van der Waals surface area contributed by atoms with Gasteiger partial charge < -0.3 is 14.6 Å². The van der Waals surface area contributed by atoms with E-state index in [9.17, 15) is 9.90 Å². The van der Waals surface area contributed by atoms with Crippen LogP contribution in [0.2, 0.25) is 0 Å². The van der Waals surface area contributed by atoms with Crippen molar-refractivity contribution in [2.75, 3.05) is 13.7 Å². The van der Waals surface area contributed by atoms with E-state index in [2.05, 4.69) is 35.2 Å². The van der Waals surface area contributed by atoms with Crippen LogP contribution in [0.15, 0.2) is 91.0 Å². The van der Waals surface area contributed by atoms with Crippen molar-refractivity contribution in [1.82, 2.24) is 4.90 Å². The fourth-order valence-corrected chi connectivity index (χ4v) is 5.19. The number of ether oxygens (including phenoxy) is 2. The largest absolute Gasteiger partial charge is 0.493 e. The summed E-state index contributed by atoms with van der Waals surface area (Å²) in [6, 6.07) is 29.9. The molecule has 2 atom stereocenters. The van der Waals surface area contributed by atoms with Crippen LogP contribution in [0.3, 0.4) is 0 Å². The van der Waals surface area contributed by atoms with Gasteiger partial charge in [-0.25, -0.2) is 0 Å². The third kappa shape index (κ3) is 5.07. The second-order valence-corrected chi connectivity index (χ2v) is 9.28. The zero-order valence-corrected chi connectivity index (χ0v) is 20.5. The van der Waals surface area contributed by atoms with Crippen LogP contribution in [-0.2, 0) is 11.4 Å². The number of carbonyl (C=O) groups is 1. The molecular weight excluding hydrogens is 450 g/mol. The van der Waals surface area contributed by atoms with E-state index in [4.69, 9.17) is 9.47 Å². The zero-order valence-electron chi connectivity index (χ0n) is 20.5. The highest BCUT2D eigenvalue weighted by Gasteiger charge is 2.35. The standard InChI is InChI=1S/C31H31NO4/c1-35-29-20-26(16-17-28(29)36-21-22-9-3-2-4-10-22)30(32-18-8-7-13-27(32)31(33)34)25-15-14-23-11-5-6-12-24(23)19-25/h2-6,9-12,14-17,19-20,27,30H,7-8,13,18,21H2,1H3,(H,33,34). The highest BCUT2D eigenvalue weighted by Crippen LogP contribution is 2.39. The topological polar surface area (TPSA) is 59.0 Å².